The second-order valence-electron chi connectivity index (χ2n) is 7.11. The number of carbonyl (C=O) groups excluding carboxylic acids is 1. The lowest BCUT2D eigenvalue weighted by molar-refractivity contribution is -0.133. The fourth-order valence-electron chi connectivity index (χ4n) is 3.47. The van der Waals surface area contributed by atoms with Crippen molar-refractivity contribution in [3.8, 4) is 0 Å². The average Bonchev–Trinajstić information content (AvgIpc) is 2.98. The van der Waals surface area contributed by atoms with Crippen LogP contribution in [0.1, 0.15) is 36.5 Å². The highest BCUT2D eigenvalue weighted by Gasteiger charge is 2.41. The van der Waals surface area contributed by atoms with Crippen molar-refractivity contribution in [1.82, 2.24) is 25.2 Å². The Labute approximate surface area is 145 Å². The van der Waals surface area contributed by atoms with Crippen LogP contribution in [0.15, 0.2) is 22.7 Å². The van der Waals surface area contributed by atoms with Gasteiger partial charge in [-0.25, -0.2) is 0 Å². The van der Waals surface area contributed by atoms with E-state index in [1.807, 2.05) is 28.9 Å². The Morgan fingerprint density at radius 2 is 2.36 bits per heavy atom. The number of rotatable bonds is 6. The number of aromatic nitrogens is 3. The van der Waals surface area contributed by atoms with E-state index < -0.39 is 5.60 Å². The Balaban J connectivity index is 1.39. The quantitative estimate of drug-likeness (QED) is 0.803. The third-order valence-electron chi connectivity index (χ3n) is 5.01. The molecule has 8 heteroatoms. The second-order valence-corrected chi connectivity index (χ2v) is 7.11. The molecule has 3 heterocycles. The summed E-state index contributed by atoms with van der Waals surface area (Å²) in [5.41, 5.74) is -0.497. The van der Waals surface area contributed by atoms with Gasteiger partial charge >= 0.3 is 0 Å². The number of nitrogens with zero attached hydrogens (tertiary/aromatic N) is 4. The predicted molar refractivity (Wildman–Crippen MR) is 88.4 cm³/mol. The largest absolute Gasteiger partial charge is 0.464 e. The molecule has 1 aliphatic heterocycles. The second kappa shape index (κ2) is 6.27. The molecule has 25 heavy (non-hydrogen) atoms. The minimum Gasteiger partial charge on any atom is -0.464 e. The van der Waals surface area contributed by atoms with E-state index in [1.54, 1.807) is 6.20 Å². The van der Waals surface area contributed by atoms with E-state index in [9.17, 15) is 9.90 Å². The highest BCUT2D eigenvalue weighted by Crippen LogP contribution is 2.32. The lowest BCUT2D eigenvalue weighted by atomic mass is 10.0. The maximum Gasteiger partial charge on any atom is 0.237 e. The first-order valence-electron chi connectivity index (χ1n) is 8.69. The van der Waals surface area contributed by atoms with E-state index in [2.05, 4.69) is 15.4 Å². The summed E-state index contributed by atoms with van der Waals surface area (Å²) in [5.74, 6) is 1.76. The first-order valence-corrected chi connectivity index (χ1v) is 8.69. The number of hydrogen-bond donors (Lipinski definition) is 2. The lowest BCUT2D eigenvalue weighted by Crippen LogP contribution is -2.41. The van der Waals surface area contributed by atoms with E-state index >= 15 is 0 Å². The van der Waals surface area contributed by atoms with Gasteiger partial charge in [-0.3, -0.25) is 9.69 Å². The number of carbonyl (C=O) groups is 1. The van der Waals surface area contributed by atoms with Gasteiger partial charge in [0.25, 0.3) is 0 Å². The van der Waals surface area contributed by atoms with Gasteiger partial charge in [0.1, 0.15) is 22.8 Å². The molecule has 2 N–H and O–H groups in total. The lowest BCUT2D eigenvalue weighted by Gasteiger charge is -2.25. The fraction of sp³-hybridized carbons (Fsp3) is 0.588. The molecule has 8 nitrogen and oxygen atoms in total. The summed E-state index contributed by atoms with van der Waals surface area (Å²) in [6.45, 7) is 3.77. The average molecular weight is 345 g/mol. The van der Waals surface area contributed by atoms with Gasteiger partial charge in [-0.2, -0.15) is 15.4 Å². The van der Waals surface area contributed by atoms with E-state index in [-0.39, 0.29) is 5.91 Å². The summed E-state index contributed by atoms with van der Waals surface area (Å²) < 4.78 is 5.63. The van der Waals surface area contributed by atoms with Gasteiger partial charge in [0.15, 0.2) is 0 Å². The van der Waals surface area contributed by atoms with Gasteiger partial charge in [-0.15, -0.1) is 0 Å². The van der Waals surface area contributed by atoms with Crippen molar-refractivity contribution in [2.45, 2.75) is 44.4 Å². The van der Waals surface area contributed by atoms with Gasteiger partial charge < -0.3 is 14.4 Å². The number of aromatic amines is 1. The standard InChI is InChI=1S/C17H23N5O3/c1-12-2-5-14(25-12)9-22(13-3-4-13)16(23)10-21-7-6-17(24,11-21)15-8-18-20-19-15/h2,5,8,13,24H,3-4,6-7,9-11H2,1H3,(H,18,19,20)/t17-/m1/s1. The smallest absolute Gasteiger partial charge is 0.237 e. The molecule has 2 aromatic rings. The monoisotopic (exact) mass is 345 g/mol. The van der Waals surface area contributed by atoms with Crippen LogP contribution in [0.3, 0.4) is 0 Å². The molecule has 1 amide bonds. The summed E-state index contributed by atoms with van der Waals surface area (Å²) in [6.07, 6.45) is 4.19. The van der Waals surface area contributed by atoms with Crippen LogP contribution in [0, 0.1) is 6.92 Å². The van der Waals surface area contributed by atoms with Crippen molar-refractivity contribution >= 4 is 5.91 Å². The maximum atomic E-state index is 12.8. The van der Waals surface area contributed by atoms with E-state index in [0.717, 1.165) is 24.4 Å². The molecule has 0 spiro atoms. The third kappa shape index (κ3) is 3.45. The number of nitrogens with one attached hydrogen (secondary N) is 1. The minimum atomic E-state index is -1.03. The van der Waals surface area contributed by atoms with Crippen LogP contribution in [-0.4, -0.2) is 61.9 Å². The Morgan fingerprint density at radius 3 is 3.00 bits per heavy atom. The molecular formula is C17H23N5O3. The van der Waals surface area contributed by atoms with Crippen molar-refractivity contribution in [3.05, 3.63) is 35.5 Å². The summed E-state index contributed by atoms with van der Waals surface area (Å²) in [5, 5.41) is 21.0. The Hall–Kier alpha value is -2.19. The number of β-amino-alcohol motifs (C(OH)–C–C–N with tert-alkyl or cyclic N) is 1. The number of H-pyrrole nitrogens is 1. The van der Waals surface area contributed by atoms with Crippen LogP contribution in [-0.2, 0) is 16.9 Å². The molecule has 4 rings (SSSR count). The predicted octanol–water partition coefficient (Wildman–Crippen LogP) is 0.791. The zero-order valence-electron chi connectivity index (χ0n) is 14.3. The minimum absolute atomic E-state index is 0.0842. The molecule has 0 bridgehead atoms. The Kier molecular flexibility index (Phi) is 4.09. The first-order chi connectivity index (χ1) is 12.0. The van der Waals surface area contributed by atoms with E-state index in [4.69, 9.17) is 4.42 Å². The number of aryl methyl sites for hydroxylation is 1. The first kappa shape index (κ1) is 16.3. The fourth-order valence-corrected chi connectivity index (χ4v) is 3.47. The molecule has 134 valence electrons. The van der Waals surface area contributed by atoms with Crippen molar-refractivity contribution in [2.24, 2.45) is 0 Å². The molecule has 0 unspecified atom stereocenters. The van der Waals surface area contributed by atoms with Gasteiger partial charge in [0.2, 0.25) is 5.91 Å². The molecule has 2 aromatic heterocycles. The third-order valence-corrected chi connectivity index (χ3v) is 5.01. The summed E-state index contributed by atoms with van der Waals surface area (Å²) in [6, 6.07) is 4.16. The van der Waals surface area contributed by atoms with Crippen molar-refractivity contribution < 1.29 is 14.3 Å². The number of furan rings is 1. The van der Waals surface area contributed by atoms with Gasteiger partial charge in [0, 0.05) is 19.1 Å². The number of hydrogen-bond acceptors (Lipinski definition) is 6. The zero-order chi connectivity index (χ0) is 17.4. The number of likely N-dealkylation sites (tertiary alicyclic amines) is 1. The van der Waals surface area contributed by atoms with Crippen LogP contribution in [0.4, 0.5) is 0 Å². The SMILES string of the molecule is Cc1ccc(CN(C(=O)CN2CC[C@](O)(c3cn[nH]n3)C2)C2CC2)o1. The molecule has 1 aliphatic carbocycles. The molecule has 1 atom stereocenters. The normalized spacial score (nSPS) is 23.9. The summed E-state index contributed by atoms with van der Waals surface area (Å²) >= 11 is 0. The Bertz CT molecular complexity index is 739. The molecule has 2 fully saturated rings. The summed E-state index contributed by atoms with van der Waals surface area (Å²) in [4.78, 5) is 16.7. The van der Waals surface area contributed by atoms with Crippen LogP contribution >= 0.6 is 0 Å². The van der Waals surface area contributed by atoms with Crippen LogP contribution < -0.4 is 0 Å². The van der Waals surface area contributed by atoms with Crippen LogP contribution in [0.2, 0.25) is 0 Å². The van der Waals surface area contributed by atoms with Crippen LogP contribution in [0.5, 0.6) is 0 Å². The van der Waals surface area contributed by atoms with Crippen LogP contribution in [0.25, 0.3) is 0 Å². The molecule has 1 saturated carbocycles. The van der Waals surface area contributed by atoms with Gasteiger partial charge in [0.05, 0.1) is 19.3 Å². The Morgan fingerprint density at radius 1 is 1.52 bits per heavy atom. The number of amides is 1. The molecule has 2 aliphatic rings. The van der Waals surface area contributed by atoms with Crippen molar-refractivity contribution in [1.29, 1.82) is 0 Å². The maximum absolute atomic E-state index is 12.8. The topological polar surface area (TPSA) is 98.5 Å². The van der Waals surface area contributed by atoms with E-state index in [1.165, 1.54) is 0 Å². The van der Waals surface area contributed by atoms with Crippen molar-refractivity contribution in [2.75, 3.05) is 19.6 Å². The molecule has 0 radical (unpaired) electrons. The zero-order valence-corrected chi connectivity index (χ0v) is 14.3. The highest BCUT2D eigenvalue weighted by molar-refractivity contribution is 5.79. The molecule has 0 aromatic carbocycles. The molecular weight excluding hydrogens is 322 g/mol. The summed E-state index contributed by atoms with van der Waals surface area (Å²) in [7, 11) is 0. The number of aliphatic hydroxyl groups is 1. The molecule has 1 saturated heterocycles. The van der Waals surface area contributed by atoms with Gasteiger partial charge in [-0.05, 0) is 38.3 Å². The van der Waals surface area contributed by atoms with E-state index in [0.29, 0.717) is 44.3 Å². The van der Waals surface area contributed by atoms with Gasteiger partial charge in [-0.1, -0.05) is 0 Å². The van der Waals surface area contributed by atoms with Crippen molar-refractivity contribution in [3.63, 3.8) is 0 Å². The highest BCUT2D eigenvalue weighted by atomic mass is 16.3.